The highest BCUT2D eigenvalue weighted by Gasteiger charge is 2.30. The van der Waals surface area contributed by atoms with Gasteiger partial charge < -0.3 is 10.2 Å². The van der Waals surface area contributed by atoms with E-state index in [0.717, 1.165) is 12.4 Å². The van der Waals surface area contributed by atoms with Gasteiger partial charge in [0.2, 0.25) is 0 Å². The lowest BCUT2D eigenvalue weighted by molar-refractivity contribution is 0.240. The molecule has 0 aromatic rings. The van der Waals surface area contributed by atoms with Crippen molar-refractivity contribution in [3.05, 3.63) is 0 Å². The largest absolute Gasteiger partial charge is 0.309 e. The molecule has 1 saturated heterocycles. The van der Waals surface area contributed by atoms with E-state index in [2.05, 4.69) is 10.2 Å². The molecule has 1 aliphatic heterocycles. The molecule has 16 heavy (non-hydrogen) atoms. The maximum Gasteiger partial charge on any atom is 0.0406 e. The van der Waals surface area contributed by atoms with Crippen LogP contribution in [0.15, 0.2) is 0 Å². The van der Waals surface area contributed by atoms with Crippen LogP contribution >= 0.6 is 11.6 Å². The first-order valence-corrected chi connectivity index (χ1v) is 7.41. The fourth-order valence-electron chi connectivity index (χ4n) is 3.07. The maximum absolute atomic E-state index is 6.16. The fourth-order valence-corrected chi connectivity index (χ4v) is 3.43. The summed E-state index contributed by atoms with van der Waals surface area (Å²) < 4.78 is 0. The van der Waals surface area contributed by atoms with E-state index in [1.165, 1.54) is 64.6 Å². The zero-order valence-electron chi connectivity index (χ0n) is 10.3. The molecule has 2 rings (SSSR count). The Bertz CT molecular complexity index is 196. The minimum absolute atomic E-state index is 0.263. The molecule has 0 amide bonds. The second-order valence-corrected chi connectivity index (χ2v) is 5.72. The monoisotopic (exact) mass is 244 g/mol. The van der Waals surface area contributed by atoms with Crippen molar-refractivity contribution >= 4 is 11.6 Å². The van der Waals surface area contributed by atoms with Crippen molar-refractivity contribution in [2.24, 2.45) is 0 Å². The summed E-state index contributed by atoms with van der Waals surface area (Å²) in [5.74, 6) is 0.785. The number of nitrogens with one attached hydrogen (secondary N) is 1. The Kier molecular flexibility index (Phi) is 4.93. The number of likely N-dealkylation sites (tertiary alicyclic amines) is 1. The van der Waals surface area contributed by atoms with Crippen LogP contribution in [0, 0.1) is 0 Å². The number of rotatable bonds is 5. The molecule has 0 unspecified atom stereocenters. The Morgan fingerprint density at radius 1 is 1.00 bits per heavy atom. The van der Waals surface area contributed by atoms with Crippen molar-refractivity contribution in [2.45, 2.75) is 50.5 Å². The van der Waals surface area contributed by atoms with E-state index >= 15 is 0 Å². The molecule has 0 spiro atoms. The van der Waals surface area contributed by atoms with E-state index in [-0.39, 0.29) is 5.54 Å². The Balaban J connectivity index is 1.69. The second-order valence-electron chi connectivity index (χ2n) is 5.45. The summed E-state index contributed by atoms with van der Waals surface area (Å²) >= 11 is 6.16. The molecular weight excluding hydrogens is 220 g/mol. The molecule has 2 aliphatic rings. The predicted octanol–water partition coefficient (Wildman–Crippen LogP) is 2.61. The number of nitrogens with zero attached hydrogens (tertiary/aromatic N) is 1. The van der Waals surface area contributed by atoms with Gasteiger partial charge in [0.15, 0.2) is 0 Å². The smallest absolute Gasteiger partial charge is 0.0406 e. The fraction of sp³-hybridized carbons (Fsp3) is 1.00. The van der Waals surface area contributed by atoms with Crippen molar-refractivity contribution in [3.63, 3.8) is 0 Å². The molecule has 0 radical (unpaired) electrons. The van der Waals surface area contributed by atoms with Crippen LogP contribution < -0.4 is 5.32 Å². The van der Waals surface area contributed by atoms with E-state index in [4.69, 9.17) is 11.6 Å². The molecule has 2 nitrogen and oxygen atoms in total. The van der Waals surface area contributed by atoms with Crippen molar-refractivity contribution in [1.29, 1.82) is 0 Å². The first kappa shape index (κ1) is 12.7. The van der Waals surface area contributed by atoms with Crippen molar-refractivity contribution in [1.82, 2.24) is 10.2 Å². The SMILES string of the molecule is ClCC1(NCCN2CCCC2)CCCCC1. The van der Waals surface area contributed by atoms with Crippen molar-refractivity contribution in [2.75, 3.05) is 32.1 Å². The van der Waals surface area contributed by atoms with Crippen LogP contribution in [0.25, 0.3) is 0 Å². The van der Waals surface area contributed by atoms with Crippen molar-refractivity contribution in [3.8, 4) is 0 Å². The summed E-state index contributed by atoms with van der Waals surface area (Å²) in [6.07, 6.45) is 9.42. The summed E-state index contributed by atoms with van der Waals surface area (Å²) in [5.41, 5.74) is 0.263. The lowest BCUT2D eigenvalue weighted by Crippen LogP contribution is -2.50. The third-order valence-electron chi connectivity index (χ3n) is 4.19. The average Bonchev–Trinajstić information content (AvgIpc) is 2.83. The predicted molar refractivity (Wildman–Crippen MR) is 70.2 cm³/mol. The lowest BCUT2D eigenvalue weighted by atomic mass is 9.83. The zero-order valence-corrected chi connectivity index (χ0v) is 11.1. The second kappa shape index (κ2) is 6.23. The molecule has 1 aliphatic carbocycles. The molecular formula is C13H25ClN2. The number of hydrogen-bond donors (Lipinski definition) is 1. The van der Waals surface area contributed by atoms with E-state index in [9.17, 15) is 0 Å². The summed E-state index contributed by atoms with van der Waals surface area (Å²) in [6, 6.07) is 0. The van der Waals surface area contributed by atoms with Gasteiger partial charge in [0, 0.05) is 24.5 Å². The van der Waals surface area contributed by atoms with Gasteiger partial charge in [-0.15, -0.1) is 11.6 Å². The van der Waals surface area contributed by atoms with Gasteiger partial charge in [-0.2, -0.15) is 0 Å². The van der Waals surface area contributed by atoms with Gasteiger partial charge >= 0.3 is 0 Å². The molecule has 0 aromatic heterocycles. The van der Waals surface area contributed by atoms with Crippen LogP contribution in [-0.2, 0) is 0 Å². The molecule has 94 valence electrons. The van der Waals surface area contributed by atoms with Crippen LogP contribution in [0.1, 0.15) is 44.9 Å². The molecule has 0 aromatic carbocycles. The van der Waals surface area contributed by atoms with Gasteiger partial charge in [-0.25, -0.2) is 0 Å². The van der Waals surface area contributed by atoms with Gasteiger partial charge in [-0.3, -0.25) is 0 Å². The van der Waals surface area contributed by atoms with E-state index < -0.39 is 0 Å². The highest BCUT2D eigenvalue weighted by Crippen LogP contribution is 2.29. The van der Waals surface area contributed by atoms with Crippen LogP contribution in [0.2, 0.25) is 0 Å². The normalized spacial score (nSPS) is 26.1. The number of halogens is 1. The quantitative estimate of drug-likeness (QED) is 0.748. The number of alkyl halides is 1. The topological polar surface area (TPSA) is 15.3 Å². The van der Waals surface area contributed by atoms with Gasteiger partial charge in [-0.1, -0.05) is 19.3 Å². The summed E-state index contributed by atoms with van der Waals surface area (Å²) in [5, 5.41) is 3.74. The Morgan fingerprint density at radius 3 is 2.31 bits per heavy atom. The van der Waals surface area contributed by atoms with Gasteiger partial charge in [-0.05, 0) is 38.8 Å². The van der Waals surface area contributed by atoms with E-state index in [1.54, 1.807) is 0 Å². The lowest BCUT2D eigenvalue weighted by Gasteiger charge is -2.37. The average molecular weight is 245 g/mol. The summed E-state index contributed by atoms with van der Waals surface area (Å²) in [7, 11) is 0. The minimum Gasteiger partial charge on any atom is -0.309 e. The van der Waals surface area contributed by atoms with Crippen LogP contribution in [-0.4, -0.2) is 42.5 Å². The molecule has 3 heteroatoms. The molecule has 0 bridgehead atoms. The van der Waals surface area contributed by atoms with Gasteiger partial charge in [0.1, 0.15) is 0 Å². The molecule has 2 fully saturated rings. The van der Waals surface area contributed by atoms with Crippen molar-refractivity contribution < 1.29 is 0 Å². The molecule has 1 heterocycles. The summed E-state index contributed by atoms with van der Waals surface area (Å²) in [4.78, 5) is 2.57. The van der Waals surface area contributed by atoms with E-state index in [1.807, 2.05) is 0 Å². The Morgan fingerprint density at radius 2 is 1.69 bits per heavy atom. The highest BCUT2D eigenvalue weighted by atomic mass is 35.5. The van der Waals surface area contributed by atoms with Gasteiger partial charge in [0.05, 0.1) is 0 Å². The first-order chi connectivity index (χ1) is 7.85. The first-order valence-electron chi connectivity index (χ1n) is 6.88. The van der Waals surface area contributed by atoms with Crippen LogP contribution in [0.3, 0.4) is 0 Å². The maximum atomic E-state index is 6.16. The third-order valence-corrected chi connectivity index (χ3v) is 4.70. The summed E-state index contributed by atoms with van der Waals surface area (Å²) in [6.45, 7) is 4.93. The Labute approximate surface area is 105 Å². The highest BCUT2D eigenvalue weighted by molar-refractivity contribution is 6.18. The zero-order chi connectivity index (χ0) is 11.3. The molecule has 0 atom stereocenters. The molecule has 1 N–H and O–H groups in total. The van der Waals surface area contributed by atoms with Crippen LogP contribution in [0.4, 0.5) is 0 Å². The molecule has 1 saturated carbocycles. The number of hydrogen-bond acceptors (Lipinski definition) is 2. The third kappa shape index (κ3) is 3.35. The van der Waals surface area contributed by atoms with Crippen LogP contribution in [0.5, 0.6) is 0 Å². The Hall–Kier alpha value is 0.210. The standard InChI is InChI=1S/C13H25ClN2/c14-12-13(6-2-1-3-7-13)15-8-11-16-9-4-5-10-16/h15H,1-12H2. The minimum atomic E-state index is 0.263. The van der Waals surface area contributed by atoms with Gasteiger partial charge in [0.25, 0.3) is 0 Å². The van der Waals surface area contributed by atoms with E-state index in [0.29, 0.717) is 0 Å².